The highest BCUT2D eigenvalue weighted by Gasteiger charge is 2.20. The summed E-state index contributed by atoms with van der Waals surface area (Å²) in [7, 11) is 0. The Bertz CT molecular complexity index is 642. The van der Waals surface area contributed by atoms with Crippen LogP contribution in [0.1, 0.15) is 22.3 Å². The first-order valence-electron chi connectivity index (χ1n) is 8.03. The van der Waals surface area contributed by atoms with Gasteiger partial charge in [0.1, 0.15) is 5.82 Å². The van der Waals surface area contributed by atoms with Gasteiger partial charge in [-0.15, -0.1) is 0 Å². The van der Waals surface area contributed by atoms with Gasteiger partial charge in [0.25, 0.3) is 5.91 Å². The van der Waals surface area contributed by atoms with Crippen LogP contribution in [0.15, 0.2) is 54.6 Å². The van der Waals surface area contributed by atoms with Gasteiger partial charge >= 0.3 is 0 Å². The molecule has 3 rings (SSSR count). The lowest BCUT2D eigenvalue weighted by Crippen LogP contribution is -2.35. The number of benzene rings is 2. The van der Waals surface area contributed by atoms with Gasteiger partial charge in [0.2, 0.25) is 0 Å². The number of hydrogen-bond acceptors (Lipinski definition) is 2. The van der Waals surface area contributed by atoms with E-state index >= 15 is 0 Å². The molecule has 23 heavy (non-hydrogen) atoms. The molecule has 4 heteroatoms. The first-order chi connectivity index (χ1) is 11.2. The topological polar surface area (TPSA) is 23.6 Å². The second kappa shape index (κ2) is 7.38. The van der Waals surface area contributed by atoms with Crippen LogP contribution in [0.4, 0.5) is 4.39 Å². The predicted octanol–water partition coefficient (Wildman–Crippen LogP) is 3.17. The maximum absolute atomic E-state index is 13.0. The van der Waals surface area contributed by atoms with Gasteiger partial charge < -0.3 is 4.90 Å². The quantitative estimate of drug-likeness (QED) is 0.869. The third-order valence-corrected chi connectivity index (χ3v) is 4.22. The Labute approximate surface area is 136 Å². The van der Waals surface area contributed by atoms with E-state index in [0.29, 0.717) is 0 Å². The van der Waals surface area contributed by atoms with E-state index in [1.165, 1.54) is 12.1 Å². The third-order valence-electron chi connectivity index (χ3n) is 4.22. The zero-order valence-electron chi connectivity index (χ0n) is 13.1. The molecule has 1 heterocycles. The fourth-order valence-electron chi connectivity index (χ4n) is 2.94. The molecule has 0 N–H and O–H groups in total. The molecule has 120 valence electrons. The van der Waals surface area contributed by atoms with Crippen molar-refractivity contribution in [3.05, 3.63) is 71.5 Å². The van der Waals surface area contributed by atoms with Crippen LogP contribution < -0.4 is 0 Å². The summed E-state index contributed by atoms with van der Waals surface area (Å²) in [6, 6.07) is 16.1. The summed E-state index contributed by atoms with van der Waals surface area (Å²) in [6.07, 6.45) is 0.958. The first-order valence-corrected chi connectivity index (χ1v) is 8.03. The molecule has 0 bridgehead atoms. The Morgan fingerprint density at radius 3 is 2.39 bits per heavy atom. The lowest BCUT2D eigenvalue weighted by atomic mass is 10.2. The molecule has 0 atom stereocenters. The average Bonchev–Trinajstić information content (AvgIpc) is 2.83. The van der Waals surface area contributed by atoms with Crippen molar-refractivity contribution in [2.45, 2.75) is 13.0 Å². The number of hydrogen-bond donors (Lipinski definition) is 0. The SMILES string of the molecule is O=C(c1ccccc1)N1CCCN(Cc2ccc(F)cc2)CC1. The van der Waals surface area contributed by atoms with E-state index in [1.54, 1.807) is 0 Å². The van der Waals surface area contributed by atoms with Crippen molar-refractivity contribution in [1.29, 1.82) is 0 Å². The standard InChI is InChI=1S/C19H21FN2O/c20-18-9-7-16(8-10-18)15-21-11-4-12-22(14-13-21)19(23)17-5-2-1-3-6-17/h1-3,5-10H,4,11-15H2. The van der Waals surface area contributed by atoms with Crippen molar-refractivity contribution in [2.24, 2.45) is 0 Å². The van der Waals surface area contributed by atoms with Crippen LogP contribution in [-0.4, -0.2) is 41.9 Å². The maximum atomic E-state index is 13.0. The summed E-state index contributed by atoms with van der Waals surface area (Å²) in [5, 5.41) is 0. The largest absolute Gasteiger partial charge is 0.337 e. The molecule has 1 amide bonds. The molecule has 0 radical (unpaired) electrons. The molecule has 1 aliphatic heterocycles. The van der Waals surface area contributed by atoms with E-state index in [1.807, 2.05) is 47.4 Å². The normalized spacial score (nSPS) is 16.1. The van der Waals surface area contributed by atoms with E-state index in [2.05, 4.69) is 4.90 Å². The summed E-state index contributed by atoms with van der Waals surface area (Å²) in [6.45, 7) is 4.11. The molecule has 1 aliphatic rings. The fourth-order valence-corrected chi connectivity index (χ4v) is 2.94. The molecule has 2 aromatic rings. The van der Waals surface area contributed by atoms with Crippen molar-refractivity contribution >= 4 is 5.91 Å². The monoisotopic (exact) mass is 312 g/mol. The molecule has 1 fully saturated rings. The van der Waals surface area contributed by atoms with Crippen LogP contribution in [0.25, 0.3) is 0 Å². The first kappa shape index (κ1) is 15.7. The second-order valence-electron chi connectivity index (χ2n) is 5.91. The third kappa shape index (κ3) is 4.17. The molecule has 3 nitrogen and oxygen atoms in total. The van der Waals surface area contributed by atoms with Gasteiger partial charge in [-0.05, 0) is 36.2 Å². The van der Waals surface area contributed by atoms with Crippen LogP contribution in [-0.2, 0) is 6.54 Å². The van der Waals surface area contributed by atoms with Gasteiger partial charge in [-0.1, -0.05) is 30.3 Å². The predicted molar refractivity (Wildman–Crippen MR) is 88.6 cm³/mol. The lowest BCUT2D eigenvalue weighted by Gasteiger charge is -2.22. The zero-order valence-corrected chi connectivity index (χ0v) is 13.1. The number of rotatable bonds is 3. The van der Waals surface area contributed by atoms with Crippen LogP contribution >= 0.6 is 0 Å². The van der Waals surface area contributed by atoms with Crippen molar-refractivity contribution in [1.82, 2.24) is 9.80 Å². The van der Waals surface area contributed by atoms with Crippen molar-refractivity contribution in [3.8, 4) is 0 Å². The number of nitrogens with zero attached hydrogens (tertiary/aromatic N) is 2. The van der Waals surface area contributed by atoms with Crippen molar-refractivity contribution < 1.29 is 9.18 Å². The van der Waals surface area contributed by atoms with E-state index in [-0.39, 0.29) is 11.7 Å². The smallest absolute Gasteiger partial charge is 0.253 e. The molecule has 2 aromatic carbocycles. The van der Waals surface area contributed by atoms with E-state index in [0.717, 1.165) is 50.3 Å². The van der Waals surface area contributed by atoms with Crippen molar-refractivity contribution in [3.63, 3.8) is 0 Å². The fraction of sp³-hybridized carbons (Fsp3) is 0.316. The van der Waals surface area contributed by atoms with E-state index in [4.69, 9.17) is 0 Å². The van der Waals surface area contributed by atoms with Crippen molar-refractivity contribution in [2.75, 3.05) is 26.2 Å². The molecular weight excluding hydrogens is 291 g/mol. The molecular formula is C19H21FN2O. The zero-order chi connectivity index (χ0) is 16.1. The summed E-state index contributed by atoms with van der Waals surface area (Å²) < 4.78 is 13.0. The summed E-state index contributed by atoms with van der Waals surface area (Å²) in [5.74, 6) is -0.0986. The van der Waals surface area contributed by atoms with Gasteiger partial charge in [0.15, 0.2) is 0 Å². The molecule has 0 unspecified atom stereocenters. The Balaban J connectivity index is 1.59. The highest BCUT2D eigenvalue weighted by Crippen LogP contribution is 2.12. The number of carbonyl (C=O) groups excluding carboxylic acids is 1. The minimum Gasteiger partial charge on any atom is -0.337 e. The van der Waals surface area contributed by atoms with Gasteiger partial charge in [0, 0.05) is 38.3 Å². The van der Waals surface area contributed by atoms with Gasteiger partial charge in [-0.2, -0.15) is 0 Å². The number of amides is 1. The van der Waals surface area contributed by atoms with Gasteiger partial charge in [-0.3, -0.25) is 9.69 Å². The minimum atomic E-state index is -0.204. The minimum absolute atomic E-state index is 0.106. The molecule has 0 aromatic heterocycles. The van der Waals surface area contributed by atoms with E-state index < -0.39 is 0 Å². The van der Waals surface area contributed by atoms with Gasteiger partial charge in [0.05, 0.1) is 0 Å². The highest BCUT2D eigenvalue weighted by atomic mass is 19.1. The highest BCUT2D eigenvalue weighted by molar-refractivity contribution is 5.94. The molecule has 0 spiro atoms. The Kier molecular flexibility index (Phi) is 5.03. The number of halogens is 1. The molecule has 1 saturated heterocycles. The summed E-state index contributed by atoms with van der Waals surface area (Å²) >= 11 is 0. The Morgan fingerprint density at radius 2 is 1.65 bits per heavy atom. The lowest BCUT2D eigenvalue weighted by molar-refractivity contribution is 0.0761. The number of carbonyl (C=O) groups is 1. The van der Waals surface area contributed by atoms with E-state index in [9.17, 15) is 9.18 Å². The average molecular weight is 312 g/mol. The van der Waals surface area contributed by atoms with Crippen LogP contribution in [0.2, 0.25) is 0 Å². The Morgan fingerprint density at radius 1 is 0.913 bits per heavy atom. The van der Waals surface area contributed by atoms with Crippen LogP contribution in [0.5, 0.6) is 0 Å². The maximum Gasteiger partial charge on any atom is 0.253 e. The van der Waals surface area contributed by atoms with Crippen LogP contribution in [0.3, 0.4) is 0 Å². The molecule has 0 saturated carbocycles. The molecule has 0 aliphatic carbocycles. The second-order valence-corrected chi connectivity index (χ2v) is 5.91. The summed E-state index contributed by atoms with van der Waals surface area (Å²) in [4.78, 5) is 16.8. The Hall–Kier alpha value is -2.20. The van der Waals surface area contributed by atoms with Crippen LogP contribution in [0, 0.1) is 5.82 Å². The van der Waals surface area contributed by atoms with Gasteiger partial charge in [-0.25, -0.2) is 4.39 Å². The summed E-state index contributed by atoms with van der Waals surface area (Å²) in [5.41, 5.74) is 1.86.